The van der Waals surface area contributed by atoms with Crippen LogP contribution in [0.2, 0.25) is 5.02 Å². The SMILES string of the molecule is CC(C)c1ccc(CC(=O)NC2CCC(Oc3ccc(Cl)cn3)CC2)cc1. The number of nitrogens with zero attached hydrogens (tertiary/aromatic N) is 1. The number of halogens is 1. The molecule has 1 saturated carbocycles. The van der Waals surface area contributed by atoms with E-state index < -0.39 is 0 Å². The van der Waals surface area contributed by atoms with Crippen molar-refractivity contribution in [2.45, 2.75) is 64.0 Å². The topological polar surface area (TPSA) is 51.2 Å². The van der Waals surface area contributed by atoms with Crippen molar-refractivity contribution in [3.05, 3.63) is 58.7 Å². The first-order valence-corrected chi connectivity index (χ1v) is 10.0. The van der Waals surface area contributed by atoms with Gasteiger partial charge in [0.1, 0.15) is 6.10 Å². The fourth-order valence-corrected chi connectivity index (χ4v) is 3.52. The second-order valence-corrected chi connectivity index (χ2v) is 7.98. The normalized spacial score (nSPS) is 19.7. The lowest BCUT2D eigenvalue weighted by molar-refractivity contribution is -0.121. The number of pyridine rings is 1. The first-order chi connectivity index (χ1) is 13.0. The first-order valence-electron chi connectivity index (χ1n) is 9.66. The lowest BCUT2D eigenvalue weighted by atomic mass is 9.92. The molecular weight excluding hydrogens is 360 g/mol. The Kier molecular flexibility index (Phi) is 6.73. The molecule has 0 atom stereocenters. The Hall–Kier alpha value is -2.07. The third kappa shape index (κ3) is 5.96. The summed E-state index contributed by atoms with van der Waals surface area (Å²) in [6.45, 7) is 4.34. The molecule has 1 aromatic carbocycles. The minimum atomic E-state index is 0.0935. The summed E-state index contributed by atoms with van der Waals surface area (Å²) in [7, 11) is 0. The van der Waals surface area contributed by atoms with E-state index in [-0.39, 0.29) is 18.1 Å². The van der Waals surface area contributed by atoms with Crippen molar-refractivity contribution >= 4 is 17.5 Å². The third-order valence-electron chi connectivity index (χ3n) is 5.04. The molecule has 0 aliphatic heterocycles. The van der Waals surface area contributed by atoms with E-state index in [1.807, 2.05) is 0 Å². The maximum absolute atomic E-state index is 12.3. The predicted octanol–water partition coefficient (Wildman–Crippen LogP) is 4.91. The zero-order valence-corrected chi connectivity index (χ0v) is 16.7. The van der Waals surface area contributed by atoms with Crippen molar-refractivity contribution in [1.29, 1.82) is 0 Å². The average Bonchev–Trinajstić information content (AvgIpc) is 2.65. The molecule has 0 saturated heterocycles. The Morgan fingerprint density at radius 3 is 2.44 bits per heavy atom. The summed E-state index contributed by atoms with van der Waals surface area (Å²) in [5, 5.41) is 3.77. The maximum Gasteiger partial charge on any atom is 0.224 e. The van der Waals surface area contributed by atoms with E-state index in [1.54, 1.807) is 18.3 Å². The van der Waals surface area contributed by atoms with Crippen molar-refractivity contribution < 1.29 is 9.53 Å². The molecule has 0 spiro atoms. The molecular formula is C22H27ClN2O2. The number of carbonyl (C=O) groups is 1. The molecule has 1 aromatic heterocycles. The Morgan fingerprint density at radius 2 is 1.85 bits per heavy atom. The van der Waals surface area contributed by atoms with E-state index in [4.69, 9.17) is 16.3 Å². The summed E-state index contributed by atoms with van der Waals surface area (Å²) in [5.74, 6) is 1.21. The van der Waals surface area contributed by atoms with E-state index in [2.05, 4.69) is 48.4 Å². The van der Waals surface area contributed by atoms with Crippen LogP contribution in [0.4, 0.5) is 0 Å². The van der Waals surface area contributed by atoms with Crippen LogP contribution in [0.15, 0.2) is 42.6 Å². The summed E-state index contributed by atoms with van der Waals surface area (Å²) >= 11 is 5.84. The number of hydrogen-bond donors (Lipinski definition) is 1. The zero-order valence-electron chi connectivity index (χ0n) is 16.0. The summed E-state index contributed by atoms with van der Waals surface area (Å²) < 4.78 is 5.91. The lowest BCUT2D eigenvalue weighted by Gasteiger charge is -2.29. The minimum absolute atomic E-state index is 0.0935. The molecule has 5 heteroatoms. The van der Waals surface area contributed by atoms with Crippen LogP contribution >= 0.6 is 11.6 Å². The van der Waals surface area contributed by atoms with Crippen LogP contribution in [0.1, 0.15) is 56.6 Å². The Bertz CT molecular complexity index is 736. The summed E-state index contributed by atoms with van der Waals surface area (Å²) in [5.41, 5.74) is 2.36. The van der Waals surface area contributed by atoms with Gasteiger partial charge in [-0.3, -0.25) is 4.79 Å². The van der Waals surface area contributed by atoms with Crippen molar-refractivity contribution in [1.82, 2.24) is 10.3 Å². The molecule has 144 valence electrons. The van der Waals surface area contributed by atoms with Gasteiger partial charge >= 0.3 is 0 Å². The monoisotopic (exact) mass is 386 g/mol. The van der Waals surface area contributed by atoms with Gasteiger partial charge in [-0.1, -0.05) is 49.7 Å². The van der Waals surface area contributed by atoms with Crippen LogP contribution in [0.25, 0.3) is 0 Å². The number of hydrogen-bond acceptors (Lipinski definition) is 3. The molecule has 1 N–H and O–H groups in total. The highest BCUT2D eigenvalue weighted by Crippen LogP contribution is 2.23. The molecule has 1 heterocycles. The molecule has 0 unspecified atom stereocenters. The molecule has 4 nitrogen and oxygen atoms in total. The quantitative estimate of drug-likeness (QED) is 0.767. The summed E-state index contributed by atoms with van der Waals surface area (Å²) in [6.07, 6.45) is 5.86. The number of aromatic nitrogens is 1. The fourth-order valence-electron chi connectivity index (χ4n) is 3.41. The number of ether oxygens (including phenoxy) is 1. The van der Waals surface area contributed by atoms with E-state index in [1.165, 1.54) is 5.56 Å². The Labute approximate surface area is 166 Å². The van der Waals surface area contributed by atoms with Crippen molar-refractivity contribution in [2.75, 3.05) is 0 Å². The van der Waals surface area contributed by atoms with Crippen molar-refractivity contribution in [3.8, 4) is 5.88 Å². The van der Waals surface area contributed by atoms with Gasteiger partial charge in [-0.25, -0.2) is 4.98 Å². The van der Waals surface area contributed by atoms with Crippen LogP contribution in [0.3, 0.4) is 0 Å². The van der Waals surface area contributed by atoms with E-state index in [9.17, 15) is 4.79 Å². The number of nitrogens with one attached hydrogen (secondary N) is 1. The lowest BCUT2D eigenvalue weighted by Crippen LogP contribution is -2.40. The van der Waals surface area contributed by atoms with Gasteiger partial charge in [0.15, 0.2) is 0 Å². The molecule has 3 rings (SSSR count). The Balaban J connectivity index is 1.41. The smallest absolute Gasteiger partial charge is 0.224 e. The van der Waals surface area contributed by atoms with Crippen LogP contribution < -0.4 is 10.1 Å². The second kappa shape index (κ2) is 9.23. The minimum Gasteiger partial charge on any atom is -0.474 e. The molecule has 27 heavy (non-hydrogen) atoms. The van der Waals surface area contributed by atoms with Gasteiger partial charge in [-0.05, 0) is 48.8 Å². The van der Waals surface area contributed by atoms with Crippen LogP contribution in [-0.4, -0.2) is 23.0 Å². The van der Waals surface area contributed by atoms with Crippen LogP contribution in [0.5, 0.6) is 5.88 Å². The van der Waals surface area contributed by atoms with E-state index in [0.29, 0.717) is 23.2 Å². The molecule has 0 radical (unpaired) electrons. The molecule has 1 aliphatic rings. The van der Waals surface area contributed by atoms with Gasteiger partial charge in [0.25, 0.3) is 0 Å². The van der Waals surface area contributed by atoms with Gasteiger partial charge in [-0.15, -0.1) is 0 Å². The van der Waals surface area contributed by atoms with Gasteiger partial charge < -0.3 is 10.1 Å². The van der Waals surface area contributed by atoms with Crippen molar-refractivity contribution in [3.63, 3.8) is 0 Å². The average molecular weight is 387 g/mol. The van der Waals surface area contributed by atoms with Crippen LogP contribution in [-0.2, 0) is 11.2 Å². The zero-order chi connectivity index (χ0) is 19.2. The van der Waals surface area contributed by atoms with Gasteiger partial charge in [0.05, 0.1) is 11.4 Å². The van der Waals surface area contributed by atoms with Crippen molar-refractivity contribution in [2.24, 2.45) is 0 Å². The third-order valence-corrected chi connectivity index (χ3v) is 5.26. The summed E-state index contributed by atoms with van der Waals surface area (Å²) in [6, 6.07) is 12.1. The first kappa shape index (κ1) is 19.7. The fraction of sp³-hybridized carbons (Fsp3) is 0.455. The molecule has 2 aromatic rings. The molecule has 1 fully saturated rings. The summed E-state index contributed by atoms with van der Waals surface area (Å²) in [4.78, 5) is 16.5. The number of rotatable bonds is 6. The van der Waals surface area contributed by atoms with Gasteiger partial charge in [0.2, 0.25) is 11.8 Å². The maximum atomic E-state index is 12.3. The molecule has 1 aliphatic carbocycles. The highest BCUT2D eigenvalue weighted by molar-refractivity contribution is 6.30. The predicted molar refractivity (Wildman–Crippen MR) is 108 cm³/mol. The largest absolute Gasteiger partial charge is 0.474 e. The number of benzene rings is 1. The second-order valence-electron chi connectivity index (χ2n) is 7.55. The number of carbonyl (C=O) groups excluding carboxylic acids is 1. The standard InChI is InChI=1S/C22H27ClN2O2/c1-15(2)17-5-3-16(4-6-17)13-21(26)25-19-8-10-20(11-9-19)27-22-12-7-18(23)14-24-22/h3-7,12,14-15,19-20H,8-11,13H2,1-2H3,(H,25,26). The highest BCUT2D eigenvalue weighted by atomic mass is 35.5. The highest BCUT2D eigenvalue weighted by Gasteiger charge is 2.24. The molecule has 0 bridgehead atoms. The van der Waals surface area contributed by atoms with E-state index >= 15 is 0 Å². The van der Waals surface area contributed by atoms with E-state index in [0.717, 1.165) is 31.2 Å². The van der Waals surface area contributed by atoms with Gasteiger partial charge in [-0.2, -0.15) is 0 Å². The molecule has 1 amide bonds. The number of amides is 1. The van der Waals surface area contributed by atoms with Gasteiger partial charge in [0, 0.05) is 18.3 Å². The Morgan fingerprint density at radius 1 is 1.15 bits per heavy atom. The van der Waals surface area contributed by atoms with Crippen LogP contribution in [0, 0.1) is 0 Å².